The molecule has 0 spiro atoms. The molecule has 0 aliphatic heterocycles. The quantitative estimate of drug-likeness (QED) is 0.737. The zero-order valence-electron chi connectivity index (χ0n) is 12.0. The van der Waals surface area contributed by atoms with Gasteiger partial charge in [-0.3, -0.25) is 20.4 Å². The first-order chi connectivity index (χ1) is 9.88. The smallest absolute Gasteiger partial charge is 0.273 e. The molecule has 0 saturated heterocycles. The van der Waals surface area contributed by atoms with Crippen LogP contribution in [0.1, 0.15) is 37.8 Å². The van der Waals surface area contributed by atoms with E-state index in [-0.39, 0.29) is 11.3 Å². The lowest BCUT2D eigenvalue weighted by molar-refractivity contribution is 0.0844. The molecule has 6 heteroatoms. The van der Waals surface area contributed by atoms with Gasteiger partial charge in [0.2, 0.25) is 0 Å². The molecule has 1 heterocycles. The average Bonchev–Trinajstić information content (AvgIpc) is 2.74. The van der Waals surface area contributed by atoms with Gasteiger partial charge in [-0.05, 0) is 44.5 Å². The summed E-state index contributed by atoms with van der Waals surface area (Å²) >= 11 is 0. The summed E-state index contributed by atoms with van der Waals surface area (Å²) in [5.41, 5.74) is 5.80. The van der Waals surface area contributed by atoms with E-state index >= 15 is 0 Å². The number of hydrogen-bond acceptors (Lipinski definition) is 4. The van der Waals surface area contributed by atoms with Crippen molar-refractivity contribution in [3.8, 4) is 5.75 Å². The van der Waals surface area contributed by atoms with Crippen molar-refractivity contribution in [1.29, 1.82) is 0 Å². The third-order valence-corrected chi connectivity index (χ3v) is 2.97. The summed E-state index contributed by atoms with van der Waals surface area (Å²) in [7, 11) is 0. The number of phenols is 1. The first-order valence-electron chi connectivity index (χ1n) is 6.36. The Morgan fingerprint density at radius 3 is 2.14 bits per heavy atom. The number of furan rings is 1. The predicted octanol–water partition coefficient (Wildman–Crippen LogP) is 1.99. The number of nitrogens with one attached hydrogen (secondary N) is 2. The van der Waals surface area contributed by atoms with Gasteiger partial charge in [-0.1, -0.05) is 6.07 Å². The Morgan fingerprint density at radius 1 is 1.00 bits per heavy atom. The normalized spacial score (nSPS) is 10.2. The Morgan fingerprint density at radius 2 is 1.62 bits per heavy atom. The van der Waals surface area contributed by atoms with E-state index in [4.69, 9.17) is 4.42 Å². The Kier molecular flexibility index (Phi) is 3.98. The second-order valence-electron chi connectivity index (χ2n) is 4.76. The summed E-state index contributed by atoms with van der Waals surface area (Å²) in [5, 5.41) is 9.70. The Bertz CT molecular complexity index is 704. The highest BCUT2D eigenvalue weighted by molar-refractivity contribution is 6.00. The highest BCUT2D eigenvalue weighted by Crippen LogP contribution is 2.18. The molecule has 0 radical (unpaired) electrons. The molecule has 6 nitrogen and oxygen atoms in total. The van der Waals surface area contributed by atoms with E-state index in [1.807, 2.05) is 0 Å². The van der Waals surface area contributed by atoms with Crippen molar-refractivity contribution in [2.24, 2.45) is 0 Å². The van der Waals surface area contributed by atoms with Crippen LogP contribution in [0.4, 0.5) is 0 Å². The third kappa shape index (κ3) is 3.22. The van der Waals surface area contributed by atoms with Crippen LogP contribution in [0.2, 0.25) is 0 Å². The summed E-state index contributed by atoms with van der Waals surface area (Å²) in [6.45, 7) is 5.19. The summed E-state index contributed by atoms with van der Waals surface area (Å²) in [6.07, 6.45) is 0. The lowest BCUT2D eigenvalue weighted by Gasteiger charge is -2.08. The molecular formula is C15H16N2O4. The monoisotopic (exact) mass is 288 g/mol. The maximum atomic E-state index is 11.9. The molecule has 2 aromatic rings. The van der Waals surface area contributed by atoms with Gasteiger partial charge >= 0.3 is 0 Å². The molecule has 21 heavy (non-hydrogen) atoms. The number of aryl methyl sites for hydroxylation is 3. The van der Waals surface area contributed by atoms with Crippen molar-refractivity contribution >= 4 is 11.8 Å². The van der Waals surface area contributed by atoms with Gasteiger partial charge in [0.05, 0.1) is 11.1 Å². The number of amides is 2. The van der Waals surface area contributed by atoms with Crippen molar-refractivity contribution in [3.63, 3.8) is 0 Å². The number of carbonyl (C=O) groups excluding carboxylic acids is 2. The fraction of sp³-hybridized carbons (Fsp3) is 0.200. The maximum absolute atomic E-state index is 11.9. The number of hydrazine groups is 1. The number of carbonyl (C=O) groups is 2. The van der Waals surface area contributed by atoms with Crippen molar-refractivity contribution in [2.75, 3.05) is 0 Å². The fourth-order valence-corrected chi connectivity index (χ4v) is 1.94. The summed E-state index contributed by atoms with van der Waals surface area (Å²) in [6, 6.07) is 6.24. The Labute approximate surface area is 121 Å². The number of hydrogen-bond donors (Lipinski definition) is 3. The standard InChI is InChI=1S/C15H16N2O4/c1-8-4-5-11(13(18)6-8)14(19)16-17-15(20)12-7-9(2)21-10(12)3/h4-7,18H,1-3H3,(H,16,19)(H,17,20). The van der Waals surface area contributed by atoms with E-state index in [1.165, 1.54) is 12.1 Å². The molecule has 2 rings (SSSR count). The minimum Gasteiger partial charge on any atom is -0.507 e. The summed E-state index contributed by atoms with van der Waals surface area (Å²) in [5.74, 6) is -0.141. The second-order valence-corrected chi connectivity index (χ2v) is 4.76. The van der Waals surface area contributed by atoms with Crippen LogP contribution in [0, 0.1) is 20.8 Å². The summed E-state index contributed by atoms with van der Waals surface area (Å²) in [4.78, 5) is 23.8. The van der Waals surface area contributed by atoms with Crippen LogP contribution < -0.4 is 10.9 Å². The molecule has 0 bridgehead atoms. The molecule has 110 valence electrons. The molecule has 0 atom stereocenters. The Balaban J connectivity index is 2.04. The van der Waals surface area contributed by atoms with Crippen LogP contribution in [-0.2, 0) is 0 Å². The lowest BCUT2D eigenvalue weighted by atomic mass is 10.1. The van der Waals surface area contributed by atoms with Gasteiger partial charge < -0.3 is 9.52 Å². The van der Waals surface area contributed by atoms with Gasteiger partial charge in [0.15, 0.2) is 0 Å². The number of rotatable bonds is 2. The van der Waals surface area contributed by atoms with Gasteiger partial charge in [0, 0.05) is 0 Å². The van der Waals surface area contributed by atoms with Crippen molar-refractivity contribution in [3.05, 3.63) is 52.5 Å². The molecule has 1 aromatic carbocycles. The zero-order chi connectivity index (χ0) is 15.6. The number of phenolic OH excluding ortho intramolecular Hbond substituents is 1. The molecule has 3 N–H and O–H groups in total. The van der Waals surface area contributed by atoms with Gasteiger partial charge in [-0.25, -0.2) is 0 Å². The fourth-order valence-electron chi connectivity index (χ4n) is 1.94. The van der Waals surface area contributed by atoms with Crippen LogP contribution in [0.15, 0.2) is 28.7 Å². The molecule has 0 aliphatic carbocycles. The van der Waals surface area contributed by atoms with Crippen LogP contribution in [0.3, 0.4) is 0 Å². The predicted molar refractivity (Wildman–Crippen MR) is 76.0 cm³/mol. The highest BCUT2D eigenvalue weighted by Gasteiger charge is 2.16. The van der Waals surface area contributed by atoms with Crippen LogP contribution in [-0.4, -0.2) is 16.9 Å². The van der Waals surface area contributed by atoms with E-state index in [0.29, 0.717) is 17.1 Å². The van der Waals surface area contributed by atoms with E-state index in [9.17, 15) is 14.7 Å². The lowest BCUT2D eigenvalue weighted by Crippen LogP contribution is -2.41. The van der Waals surface area contributed by atoms with Crippen LogP contribution in [0.25, 0.3) is 0 Å². The van der Waals surface area contributed by atoms with Crippen molar-refractivity contribution in [1.82, 2.24) is 10.9 Å². The van der Waals surface area contributed by atoms with Gasteiger partial charge in [0.1, 0.15) is 17.3 Å². The molecule has 0 unspecified atom stereocenters. The van der Waals surface area contributed by atoms with Gasteiger partial charge in [0.25, 0.3) is 11.8 Å². The first-order valence-corrected chi connectivity index (χ1v) is 6.36. The van der Waals surface area contributed by atoms with Gasteiger partial charge in [-0.2, -0.15) is 0 Å². The largest absolute Gasteiger partial charge is 0.507 e. The molecule has 0 saturated carbocycles. The van der Waals surface area contributed by atoms with E-state index in [0.717, 1.165) is 5.56 Å². The number of aromatic hydroxyl groups is 1. The van der Waals surface area contributed by atoms with Crippen LogP contribution in [0.5, 0.6) is 5.75 Å². The summed E-state index contributed by atoms with van der Waals surface area (Å²) < 4.78 is 5.25. The second kappa shape index (κ2) is 5.70. The third-order valence-electron chi connectivity index (χ3n) is 2.97. The van der Waals surface area contributed by atoms with Gasteiger partial charge in [-0.15, -0.1) is 0 Å². The zero-order valence-corrected chi connectivity index (χ0v) is 12.0. The molecule has 0 fully saturated rings. The Hall–Kier alpha value is -2.76. The topological polar surface area (TPSA) is 91.6 Å². The van der Waals surface area contributed by atoms with E-state index in [2.05, 4.69) is 10.9 Å². The minimum atomic E-state index is -0.598. The molecular weight excluding hydrogens is 272 g/mol. The SMILES string of the molecule is Cc1ccc(C(=O)NNC(=O)c2cc(C)oc2C)c(O)c1. The van der Waals surface area contributed by atoms with Crippen molar-refractivity contribution < 1.29 is 19.1 Å². The minimum absolute atomic E-state index is 0.0843. The maximum Gasteiger partial charge on any atom is 0.273 e. The molecule has 1 aromatic heterocycles. The first kappa shape index (κ1) is 14.6. The van der Waals surface area contributed by atoms with Crippen LogP contribution >= 0.6 is 0 Å². The molecule has 2 amide bonds. The molecule has 0 aliphatic rings. The number of benzene rings is 1. The van der Waals surface area contributed by atoms with Crippen molar-refractivity contribution in [2.45, 2.75) is 20.8 Å². The average molecular weight is 288 g/mol. The van der Waals surface area contributed by atoms with E-state index in [1.54, 1.807) is 32.9 Å². The van der Waals surface area contributed by atoms with E-state index < -0.39 is 11.8 Å². The highest BCUT2D eigenvalue weighted by atomic mass is 16.3.